The molecular weight excluding hydrogens is 208 g/mol. The zero-order valence-corrected chi connectivity index (χ0v) is 9.91. The second-order valence-corrected chi connectivity index (χ2v) is 5.67. The molecule has 3 aliphatic carbocycles. The van der Waals surface area contributed by atoms with Crippen molar-refractivity contribution in [1.82, 2.24) is 0 Å². The molecule has 0 spiro atoms. The van der Waals surface area contributed by atoms with Gasteiger partial charge < -0.3 is 0 Å². The number of allylic oxidation sites excluding steroid dienone is 1. The lowest BCUT2D eigenvalue weighted by molar-refractivity contribution is -0.119. The highest BCUT2D eigenvalue weighted by Gasteiger charge is 2.35. The summed E-state index contributed by atoms with van der Waals surface area (Å²) in [6, 6.07) is 4.41. The number of ketones is 1. The maximum atomic E-state index is 11.8. The van der Waals surface area contributed by atoms with Gasteiger partial charge in [-0.1, -0.05) is 24.3 Å². The summed E-state index contributed by atoms with van der Waals surface area (Å²) >= 11 is 0. The molecule has 0 heterocycles. The van der Waals surface area contributed by atoms with Gasteiger partial charge in [0.25, 0.3) is 0 Å². The van der Waals surface area contributed by atoms with Crippen LogP contribution < -0.4 is 0 Å². The zero-order chi connectivity index (χ0) is 11.4. The number of Topliss-reactive ketones (excluding diaryl/α,β-unsaturated/α-hetero) is 1. The first-order chi connectivity index (χ1) is 8.33. The van der Waals surface area contributed by atoms with Crippen LogP contribution in [0.5, 0.6) is 0 Å². The third kappa shape index (κ3) is 1.28. The molecule has 4 rings (SSSR count). The van der Waals surface area contributed by atoms with Crippen LogP contribution in [0.25, 0.3) is 6.08 Å². The average molecular weight is 224 g/mol. The first-order valence-electron chi connectivity index (χ1n) is 6.67. The second-order valence-electron chi connectivity index (χ2n) is 5.67. The molecule has 3 aliphatic rings. The van der Waals surface area contributed by atoms with E-state index in [1.807, 2.05) is 0 Å². The Hall–Kier alpha value is -1.37. The summed E-state index contributed by atoms with van der Waals surface area (Å²) in [7, 11) is 0. The summed E-state index contributed by atoms with van der Waals surface area (Å²) < 4.78 is 0. The predicted molar refractivity (Wildman–Crippen MR) is 68.1 cm³/mol. The van der Waals surface area contributed by atoms with Gasteiger partial charge in [0.05, 0.1) is 0 Å². The third-order valence-corrected chi connectivity index (χ3v) is 4.67. The van der Waals surface area contributed by atoms with Crippen molar-refractivity contribution in [3.63, 3.8) is 0 Å². The summed E-state index contributed by atoms with van der Waals surface area (Å²) in [5.74, 6) is 1.70. The number of hydrogen-bond acceptors (Lipinski definition) is 1. The van der Waals surface area contributed by atoms with Crippen LogP contribution >= 0.6 is 0 Å². The Labute approximate surface area is 102 Å². The molecule has 0 saturated heterocycles. The van der Waals surface area contributed by atoms with Gasteiger partial charge in [-0.25, -0.2) is 0 Å². The summed E-state index contributed by atoms with van der Waals surface area (Å²) in [4.78, 5) is 11.8. The van der Waals surface area contributed by atoms with Crippen molar-refractivity contribution >= 4 is 11.9 Å². The van der Waals surface area contributed by atoms with E-state index in [9.17, 15) is 4.79 Å². The Balaban J connectivity index is 2.00. The molecule has 1 aromatic rings. The number of carbonyl (C=O) groups is 1. The molecule has 0 N–H and O–H groups in total. The molecule has 86 valence electrons. The van der Waals surface area contributed by atoms with Crippen molar-refractivity contribution in [2.45, 2.75) is 43.9 Å². The Bertz CT molecular complexity index is 539. The first kappa shape index (κ1) is 9.64. The maximum absolute atomic E-state index is 11.8. The van der Waals surface area contributed by atoms with Gasteiger partial charge in [-0.3, -0.25) is 4.79 Å². The van der Waals surface area contributed by atoms with E-state index in [2.05, 4.69) is 24.3 Å². The van der Waals surface area contributed by atoms with Gasteiger partial charge in [-0.2, -0.15) is 0 Å². The molecule has 0 aromatic heterocycles. The fourth-order valence-electron chi connectivity index (χ4n) is 3.99. The topological polar surface area (TPSA) is 17.1 Å². The fraction of sp³-hybridized carbons (Fsp3) is 0.438. The molecule has 1 nitrogen and oxygen atoms in total. The van der Waals surface area contributed by atoms with Crippen LogP contribution in [0.15, 0.2) is 18.2 Å². The van der Waals surface area contributed by atoms with Gasteiger partial charge in [0.15, 0.2) is 0 Å². The number of rotatable bonds is 0. The van der Waals surface area contributed by atoms with Crippen LogP contribution in [0.4, 0.5) is 0 Å². The molecule has 0 bridgehead atoms. The highest BCUT2D eigenvalue weighted by Crippen LogP contribution is 2.49. The lowest BCUT2D eigenvalue weighted by Crippen LogP contribution is -2.26. The van der Waals surface area contributed by atoms with E-state index in [1.54, 1.807) is 11.1 Å². The Morgan fingerprint density at radius 3 is 2.88 bits per heavy atom. The molecule has 1 aromatic carbocycles. The Morgan fingerprint density at radius 2 is 1.94 bits per heavy atom. The highest BCUT2D eigenvalue weighted by atomic mass is 16.1. The van der Waals surface area contributed by atoms with Gasteiger partial charge in [-0.05, 0) is 53.4 Å². The lowest BCUT2D eigenvalue weighted by Gasteiger charge is -2.38. The minimum Gasteiger partial charge on any atom is -0.299 e. The SMILES string of the molecule is O=C1Cc2ccc3c4c2C(CCC4CC=C3)C1. The predicted octanol–water partition coefficient (Wildman–Crippen LogP) is 3.58. The van der Waals surface area contributed by atoms with Crippen LogP contribution in [0.2, 0.25) is 0 Å². The van der Waals surface area contributed by atoms with Crippen LogP contribution in [0.3, 0.4) is 0 Å². The highest BCUT2D eigenvalue weighted by molar-refractivity contribution is 5.85. The largest absolute Gasteiger partial charge is 0.299 e. The van der Waals surface area contributed by atoms with Crippen molar-refractivity contribution in [2.24, 2.45) is 0 Å². The quantitative estimate of drug-likeness (QED) is 0.658. The van der Waals surface area contributed by atoms with Crippen LogP contribution in [0.1, 0.15) is 59.8 Å². The van der Waals surface area contributed by atoms with E-state index in [1.165, 1.54) is 30.4 Å². The standard InChI is InChI=1S/C16H16O/c17-14-8-12-6-4-10-2-1-3-11-5-7-13(9-14)16(12)15(10)11/h1-2,4,6,11,13H,3,5,7-9H2. The van der Waals surface area contributed by atoms with E-state index in [-0.39, 0.29) is 0 Å². The van der Waals surface area contributed by atoms with Crippen LogP contribution in [0, 0.1) is 0 Å². The van der Waals surface area contributed by atoms with E-state index in [0.717, 1.165) is 12.3 Å². The average Bonchev–Trinajstić information content (AvgIpc) is 2.35. The lowest BCUT2D eigenvalue weighted by atomic mass is 9.66. The van der Waals surface area contributed by atoms with Crippen LogP contribution in [-0.4, -0.2) is 5.78 Å². The third-order valence-electron chi connectivity index (χ3n) is 4.67. The van der Waals surface area contributed by atoms with Crippen molar-refractivity contribution in [2.75, 3.05) is 0 Å². The number of carbonyl (C=O) groups excluding carboxylic acids is 1. The van der Waals surface area contributed by atoms with Crippen molar-refractivity contribution in [1.29, 1.82) is 0 Å². The van der Waals surface area contributed by atoms with Crippen molar-refractivity contribution < 1.29 is 4.79 Å². The minimum atomic E-state index is 0.437. The van der Waals surface area contributed by atoms with E-state index < -0.39 is 0 Å². The molecule has 2 atom stereocenters. The fourth-order valence-corrected chi connectivity index (χ4v) is 3.99. The number of hydrogen-bond donors (Lipinski definition) is 0. The first-order valence-corrected chi connectivity index (χ1v) is 6.67. The van der Waals surface area contributed by atoms with Gasteiger partial charge in [0.1, 0.15) is 5.78 Å². The Kier molecular flexibility index (Phi) is 1.88. The summed E-state index contributed by atoms with van der Waals surface area (Å²) in [6.45, 7) is 0. The van der Waals surface area contributed by atoms with Gasteiger partial charge in [0, 0.05) is 12.8 Å². The van der Waals surface area contributed by atoms with Gasteiger partial charge in [-0.15, -0.1) is 0 Å². The molecule has 0 fully saturated rings. The zero-order valence-electron chi connectivity index (χ0n) is 9.91. The summed E-state index contributed by atoms with van der Waals surface area (Å²) in [6.07, 6.45) is 9.73. The summed E-state index contributed by atoms with van der Waals surface area (Å²) in [5.41, 5.74) is 5.89. The molecule has 17 heavy (non-hydrogen) atoms. The van der Waals surface area contributed by atoms with Gasteiger partial charge in [0.2, 0.25) is 0 Å². The van der Waals surface area contributed by atoms with Gasteiger partial charge >= 0.3 is 0 Å². The molecule has 0 amide bonds. The molecule has 0 aliphatic heterocycles. The van der Waals surface area contributed by atoms with E-state index >= 15 is 0 Å². The monoisotopic (exact) mass is 224 g/mol. The molecule has 2 unspecified atom stereocenters. The Morgan fingerprint density at radius 1 is 1.06 bits per heavy atom. The molecule has 0 radical (unpaired) electrons. The minimum absolute atomic E-state index is 0.437. The van der Waals surface area contributed by atoms with Crippen molar-refractivity contribution in [3.8, 4) is 0 Å². The van der Waals surface area contributed by atoms with Crippen LogP contribution in [-0.2, 0) is 11.2 Å². The van der Waals surface area contributed by atoms with E-state index in [0.29, 0.717) is 18.1 Å². The maximum Gasteiger partial charge on any atom is 0.137 e. The molecule has 0 saturated carbocycles. The second kappa shape index (κ2) is 3.32. The van der Waals surface area contributed by atoms with E-state index in [4.69, 9.17) is 0 Å². The smallest absolute Gasteiger partial charge is 0.137 e. The number of benzene rings is 1. The van der Waals surface area contributed by atoms with Crippen molar-refractivity contribution in [3.05, 3.63) is 40.5 Å². The molecule has 1 heteroatoms. The normalized spacial score (nSPS) is 29.1. The summed E-state index contributed by atoms with van der Waals surface area (Å²) in [5, 5.41) is 0. The molecular formula is C16H16O.